The Balaban J connectivity index is 1.83. The van der Waals surface area contributed by atoms with Gasteiger partial charge in [0.2, 0.25) is 0 Å². The molecule has 1 saturated heterocycles. The fourth-order valence-corrected chi connectivity index (χ4v) is 3.80. The number of anilines is 1. The van der Waals surface area contributed by atoms with E-state index in [1.54, 1.807) is 14.0 Å². The Bertz CT molecular complexity index is 825. The van der Waals surface area contributed by atoms with Gasteiger partial charge in [-0.25, -0.2) is 0 Å². The lowest BCUT2D eigenvalue weighted by molar-refractivity contribution is -0.148. The molecular weight excluding hydrogens is 366 g/mol. The molecule has 2 aromatic rings. The summed E-state index contributed by atoms with van der Waals surface area (Å²) in [5, 5.41) is 9.80. The number of piperazine rings is 1. The van der Waals surface area contributed by atoms with Crippen LogP contribution in [-0.2, 0) is 9.53 Å². The predicted octanol–water partition coefficient (Wildman–Crippen LogP) is 3.26. The molecule has 2 aromatic carbocycles. The van der Waals surface area contributed by atoms with Gasteiger partial charge in [0.1, 0.15) is 5.75 Å². The molecule has 0 aliphatic carbocycles. The average Bonchev–Trinajstić information content (AvgIpc) is 2.78. The average molecular weight is 393 g/mol. The maximum Gasteiger partial charge on any atom is 0.325 e. The molecule has 0 saturated carbocycles. The zero-order chi connectivity index (χ0) is 20.6. The van der Waals surface area contributed by atoms with E-state index < -0.39 is 11.9 Å². The van der Waals surface area contributed by atoms with Crippen LogP contribution >= 0.6 is 0 Å². The van der Waals surface area contributed by atoms with Gasteiger partial charge < -0.3 is 14.4 Å². The Kier molecular flexibility index (Phi) is 7.09. The number of ether oxygens (including phenoxy) is 2. The van der Waals surface area contributed by atoms with Crippen LogP contribution in [0.1, 0.15) is 18.5 Å². The van der Waals surface area contributed by atoms with Crippen LogP contribution in [0.2, 0.25) is 0 Å². The van der Waals surface area contributed by atoms with E-state index in [4.69, 9.17) is 9.47 Å². The summed E-state index contributed by atoms with van der Waals surface area (Å²) < 4.78 is 10.5. The number of hydrogen-bond donors (Lipinski definition) is 0. The number of para-hydroxylation sites is 1. The van der Waals surface area contributed by atoms with Crippen LogP contribution in [0.25, 0.3) is 0 Å². The summed E-state index contributed by atoms with van der Waals surface area (Å²) in [6, 6.07) is 19.7. The van der Waals surface area contributed by atoms with Crippen molar-refractivity contribution in [3.8, 4) is 11.8 Å². The second-order valence-corrected chi connectivity index (χ2v) is 6.94. The standard InChI is InChI=1S/C23H27N3O3/c1-3-29-23(27)21(17-24)22(18-9-11-20(28-2)12-10-18)26-15-13-25(14-16-26)19-7-5-4-6-8-19/h4-12,21-22H,3,13-16H2,1-2H3/t21-,22+/m0/s1. The Morgan fingerprint density at radius 3 is 2.28 bits per heavy atom. The van der Waals surface area contributed by atoms with Crippen molar-refractivity contribution in [2.45, 2.75) is 13.0 Å². The Morgan fingerprint density at radius 2 is 1.72 bits per heavy atom. The van der Waals surface area contributed by atoms with Crippen LogP contribution in [-0.4, -0.2) is 50.8 Å². The predicted molar refractivity (Wildman–Crippen MR) is 112 cm³/mol. The zero-order valence-corrected chi connectivity index (χ0v) is 17.0. The lowest BCUT2D eigenvalue weighted by Crippen LogP contribution is -2.50. The highest BCUT2D eigenvalue weighted by Crippen LogP contribution is 2.32. The minimum absolute atomic E-state index is 0.258. The molecule has 1 heterocycles. The van der Waals surface area contributed by atoms with E-state index >= 15 is 0 Å². The summed E-state index contributed by atoms with van der Waals surface area (Å²) in [5.74, 6) is -0.612. The number of rotatable bonds is 7. The van der Waals surface area contributed by atoms with Gasteiger partial charge in [-0.05, 0) is 36.8 Å². The first-order valence-electron chi connectivity index (χ1n) is 9.92. The minimum atomic E-state index is -0.883. The Labute approximate surface area is 172 Å². The van der Waals surface area contributed by atoms with Crippen LogP contribution in [0.3, 0.4) is 0 Å². The first-order chi connectivity index (χ1) is 14.2. The van der Waals surface area contributed by atoms with E-state index in [2.05, 4.69) is 28.0 Å². The third-order valence-electron chi connectivity index (χ3n) is 5.28. The van der Waals surface area contributed by atoms with E-state index in [9.17, 15) is 10.1 Å². The summed E-state index contributed by atoms with van der Waals surface area (Å²) in [6.45, 7) is 5.18. The van der Waals surface area contributed by atoms with Crippen LogP contribution in [0, 0.1) is 17.2 Å². The number of esters is 1. The number of nitriles is 1. The largest absolute Gasteiger partial charge is 0.497 e. The van der Waals surface area contributed by atoms with Crippen molar-refractivity contribution in [1.29, 1.82) is 5.26 Å². The molecule has 0 bridgehead atoms. The molecule has 0 unspecified atom stereocenters. The minimum Gasteiger partial charge on any atom is -0.497 e. The van der Waals surface area contributed by atoms with E-state index in [1.165, 1.54) is 5.69 Å². The molecule has 0 radical (unpaired) electrons. The molecule has 1 aliphatic heterocycles. The van der Waals surface area contributed by atoms with Gasteiger partial charge >= 0.3 is 5.97 Å². The molecule has 0 N–H and O–H groups in total. The second kappa shape index (κ2) is 9.94. The first-order valence-corrected chi connectivity index (χ1v) is 9.92. The highest BCUT2D eigenvalue weighted by molar-refractivity contribution is 5.76. The summed E-state index contributed by atoms with van der Waals surface area (Å²) >= 11 is 0. The zero-order valence-electron chi connectivity index (χ0n) is 17.0. The molecule has 2 atom stereocenters. The van der Waals surface area contributed by atoms with Gasteiger partial charge in [-0.2, -0.15) is 5.26 Å². The number of carbonyl (C=O) groups is 1. The molecule has 29 heavy (non-hydrogen) atoms. The second-order valence-electron chi connectivity index (χ2n) is 6.94. The van der Waals surface area contributed by atoms with Crippen LogP contribution in [0.15, 0.2) is 54.6 Å². The maximum atomic E-state index is 12.5. The fourth-order valence-electron chi connectivity index (χ4n) is 3.80. The Morgan fingerprint density at radius 1 is 1.07 bits per heavy atom. The molecular formula is C23H27N3O3. The smallest absolute Gasteiger partial charge is 0.325 e. The first kappa shape index (κ1) is 20.7. The van der Waals surface area contributed by atoms with Crippen molar-refractivity contribution in [2.75, 3.05) is 44.8 Å². The maximum absolute atomic E-state index is 12.5. The fraction of sp³-hybridized carbons (Fsp3) is 0.391. The highest BCUT2D eigenvalue weighted by atomic mass is 16.5. The summed E-state index contributed by atoms with van der Waals surface area (Å²) in [5.41, 5.74) is 2.11. The molecule has 6 nitrogen and oxygen atoms in total. The van der Waals surface area contributed by atoms with Crippen molar-refractivity contribution in [3.63, 3.8) is 0 Å². The SMILES string of the molecule is CCOC(=O)[C@@H](C#N)[C@@H](c1ccc(OC)cc1)N1CCN(c2ccccc2)CC1. The van der Waals surface area contributed by atoms with Gasteiger partial charge in [-0.15, -0.1) is 0 Å². The molecule has 152 valence electrons. The van der Waals surface area contributed by atoms with Gasteiger partial charge in [0.05, 0.1) is 25.8 Å². The highest BCUT2D eigenvalue weighted by Gasteiger charge is 2.36. The van der Waals surface area contributed by atoms with Gasteiger partial charge in [-0.1, -0.05) is 30.3 Å². The topological polar surface area (TPSA) is 65.8 Å². The van der Waals surface area contributed by atoms with Crippen molar-refractivity contribution < 1.29 is 14.3 Å². The third-order valence-corrected chi connectivity index (χ3v) is 5.28. The van der Waals surface area contributed by atoms with E-state index in [0.717, 1.165) is 37.5 Å². The molecule has 1 aliphatic rings. The van der Waals surface area contributed by atoms with Crippen molar-refractivity contribution >= 4 is 11.7 Å². The number of carbonyl (C=O) groups excluding carboxylic acids is 1. The van der Waals surface area contributed by atoms with Crippen LogP contribution in [0.5, 0.6) is 5.75 Å². The number of methoxy groups -OCH3 is 1. The molecule has 0 amide bonds. The molecule has 1 fully saturated rings. The molecule has 6 heteroatoms. The van der Waals surface area contributed by atoms with Crippen molar-refractivity contribution in [1.82, 2.24) is 4.90 Å². The third kappa shape index (κ3) is 4.87. The van der Waals surface area contributed by atoms with Gasteiger partial charge in [0.25, 0.3) is 0 Å². The quantitative estimate of drug-likeness (QED) is 0.673. The van der Waals surface area contributed by atoms with E-state index in [1.807, 2.05) is 42.5 Å². The molecule has 3 rings (SSSR count). The van der Waals surface area contributed by atoms with E-state index in [-0.39, 0.29) is 12.6 Å². The van der Waals surface area contributed by atoms with Gasteiger partial charge in [0, 0.05) is 31.9 Å². The molecule has 0 aromatic heterocycles. The molecule has 0 spiro atoms. The monoisotopic (exact) mass is 393 g/mol. The number of hydrogen-bond acceptors (Lipinski definition) is 6. The lowest BCUT2D eigenvalue weighted by Gasteiger charge is -2.41. The summed E-state index contributed by atoms with van der Waals surface area (Å²) in [7, 11) is 1.62. The number of nitrogens with zero attached hydrogens (tertiary/aromatic N) is 3. The van der Waals surface area contributed by atoms with E-state index in [0.29, 0.717) is 0 Å². The van der Waals surface area contributed by atoms with Crippen LogP contribution < -0.4 is 9.64 Å². The van der Waals surface area contributed by atoms with Gasteiger partial charge in [-0.3, -0.25) is 9.69 Å². The van der Waals surface area contributed by atoms with Crippen molar-refractivity contribution in [3.05, 3.63) is 60.2 Å². The number of benzene rings is 2. The van der Waals surface area contributed by atoms with Gasteiger partial charge in [0.15, 0.2) is 5.92 Å². The Hall–Kier alpha value is -3.04. The summed E-state index contributed by atoms with van der Waals surface area (Å²) in [6.07, 6.45) is 0. The normalized spacial score (nSPS) is 16.5. The van der Waals surface area contributed by atoms with Crippen molar-refractivity contribution in [2.24, 2.45) is 5.92 Å². The summed E-state index contributed by atoms with van der Waals surface area (Å²) in [4.78, 5) is 17.1. The van der Waals surface area contributed by atoms with Crippen LogP contribution in [0.4, 0.5) is 5.69 Å². The lowest BCUT2D eigenvalue weighted by atomic mass is 9.91.